The Labute approximate surface area is 113 Å². The fourth-order valence-electron chi connectivity index (χ4n) is 2.17. The summed E-state index contributed by atoms with van der Waals surface area (Å²) >= 11 is 3.51. The van der Waals surface area contributed by atoms with Crippen molar-refractivity contribution in [3.05, 3.63) is 40.4 Å². The summed E-state index contributed by atoms with van der Waals surface area (Å²) in [6.45, 7) is 3.47. The lowest BCUT2D eigenvalue weighted by Gasteiger charge is -2.27. The first-order valence-electron chi connectivity index (χ1n) is 5.79. The van der Waals surface area contributed by atoms with Crippen LogP contribution in [0.3, 0.4) is 0 Å². The zero-order chi connectivity index (χ0) is 12.5. The van der Waals surface area contributed by atoms with Crippen molar-refractivity contribution in [3.63, 3.8) is 0 Å². The molecule has 0 amide bonds. The first-order chi connectivity index (χ1) is 8.72. The maximum absolute atomic E-state index is 9.53. The van der Waals surface area contributed by atoms with Gasteiger partial charge in [0.05, 0.1) is 6.54 Å². The van der Waals surface area contributed by atoms with Crippen molar-refractivity contribution in [1.29, 1.82) is 0 Å². The summed E-state index contributed by atoms with van der Waals surface area (Å²) in [6, 6.07) is 5.35. The number of benzene rings is 1. The minimum atomic E-state index is 0.299. The second-order valence-electron chi connectivity index (χ2n) is 4.43. The molecule has 2 aromatic rings. The van der Waals surface area contributed by atoms with Crippen molar-refractivity contribution < 1.29 is 5.11 Å². The monoisotopic (exact) mass is 308 g/mol. The number of hydrogen-bond donors (Lipinski definition) is 1. The Kier molecular flexibility index (Phi) is 3.05. The van der Waals surface area contributed by atoms with Gasteiger partial charge in [0.15, 0.2) is 0 Å². The molecule has 0 unspecified atom stereocenters. The first-order valence-corrected chi connectivity index (χ1v) is 6.58. The van der Waals surface area contributed by atoms with Crippen LogP contribution in [-0.4, -0.2) is 31.3 Å². The third kappa shape index (κ3) is 2.26. The Morgan fingerprint density at radius 1 is 1.33 bits per heavy atom. The van der Waals surface area contributed by atoms with E-state index in [0.29, 0.717) is 5.75 Å². The lowest BCUT2D eigenvalue weighted by Crippen LogP contribution is -2.33. The van der Waals surface area contributed by atoms with E-state index >= 15 is 0 Å². The molecule has 1 N–H and O–H groups in total. The van der Waals surface area contributed by atoms with Crippen LogP contribution in [0.5, 0.6) is 5.75 Å². The van der Waals surface area contributed by atoms with Gasteiger partial charge in [0.1, 0.15) is 17.9 Å². The highest BCUT2D eigenvalue weighted by Crippen LogP contribution is 2.24. The first kappa shape index (κ1) is 11.7. The van der Waals surface area contributed by atoms with Crippen LogP contribution in [0.2, 0.25) is 0 Å². The van der Waals surface area contributed by atoms with Gasteiger partial charge in [-0.3, -0.25) is 4.90 Å². The van der Waals surface area contributed by atoms with Crippen LogP contribution in [0.1, 0.15) is 11.4 Å². The maximum Gasteiger partial charge on any atom is 0.147 e. The topological polar surface area (TPSA) is 54.2 Å². The minimum Gasteiger partial charge on any atom is -0.508 e. The molecule has 0 atom stereocenters. The summed E-state index contributed by atoms with van der Waals surface area (Å²) in [5, 5.41) is 17.5. The molecule has 1 aliphatic rings. The molecule has 18 heavy (non-hydrogen) atoms. The average molecular weight is 309 g/mol. The number of nitrogens with zero attached hydrogens (tertiary/aromatic N) is 4. The van der Waals surface area contributed by atoms with E-state index in [9.17, 15) is 5.11 Å². The lowest BCUT2D eigenvalue weighted by atomic mass is 10.2. The van der Waals surface area contributed by atoms with Crippen molar-refractivity contribution in [2.24, 2.45) is 0 Å². The standard InChI is InChI=1S/C12H13BrN4O/c13-11-2-1-10(18)5-9(11)6-16-3-4-17-8-14-15-12(17)7-16/h1-2,5,8,18H,3-4,6-7H2. The number of halogens is 1. The van der Waals surface area contributed by atoms with Crippen molar-refractivity contribution >= 4 is 15.9 Å². The third-order valence-corrected chi connectivity index (χ3v) is 3.91. The van der Waals surface area contributed by atoms with E-state index in [1.54, 1.807) is 18.5 Å². The van der Waals surface area contributed by atoms with Crippen LogP contribution in [0.25, 0.3) is 0 Å². The summed E-state index contributed by atoms with van der Waals surface area (Å²) in [5.41, 5.74) is 1.09. The van der Waals surface area contributed by atoms with E-state index in [0.717, 1.165) is 42.0 Å². The predicted octanol–water partition coefficient (Wildman–Crippen LogP) is 1.76. The molecule has 3 rings (SSSR count). The molecular formula is C12H13BrN4O. The number of rotatable bonds is 2. The van der Waals surface area contributed by atoms with Crippen molar-refractivity contribution in [3.8, 4) is 5.75 Å². The van der Waals surface area contributed by atoms with Crippen molar-refractivity contribution in [2.75, 3.05) is 6.54 Å². The van der Waals surface area contributed by atoms with Gasteiger partial charge < -0.3 is 9.67 Å². The molecule has 0 saturated carbocycles. The summed E-state index contributed by atoms with van der Waals surface area (Å²) in [5.74, 6) is 1.30. The molecule has 0 spiro atoms. The SMILES string of the molecule is Oc1ccc(Br)c(CN2CCn3cnnc3C2)c1. The van der Waals surface area contributed by atoms with E-state index in [-0.39, 0.29) is 0 Å². The lowest BCUT2D eigenvalue weighted by molar-refractivity contribution is 0.208. The quantitative estimate of drug-likeness (QED) is 0.918. The van der Waals surface area contributed by atoms with Gasteiger partial charge in [-0.1, -0.05) is 15.9 Å². The largest absolute Gasteiger partial charge is 0.508 e. The number of hydrogen-bond acceptors (Lipinski definition) is 4. The number of phenols is 1. The molecule has 0 fully saturated rings. The number of aromatic hydroxyl groups is 1. The minimum absolute atomic E-state index is 0.299. The van der Waals surface area contributed by atoms with E-state index in [2.05, 4.69) is 35.6 Å². The van der Waals surface area contributed by atoms with Crippen LogP contribution in [0, 0.1) is 0 Å². The molecule has 0 radical (unpaired) electrons. The smallest absolute Gasteiger partial charge is 0.147 e. The van der Waals surface area contributed by atoms with Gasteiger partial charge in [0, 0.05) is 24.1 Å². The van der Waals surface area contributed by atoms with Crippen LogP contribution >= 0.6 is 15.9 Å². The van der Waals surface area contributed by atoms with Gasteiger partial charge in [0.25, 0.3) is 0 Å². The highest BCUT2D eigenvalue weighted by molar-refractivity contribution is 9.10. The Morgan fingerprint density at radius 3 is 3.11 bits per heavy atom. The second-order valence-corrected chi connectivity index (χ2v) is 5.28. The molecular weight excluding hydrogens is 296 g/mol. The van der Waals surface area contributed by atoms with Crippen LogP contribution in [-0.2, 0) is 19.6 Å². The molecule has 2 heterocycles. The molecule has 1 aliphatic heterocycles. The molecule has 0 aliphatic carbocycles. The van der Waals surface area contributed by atoms with Gasteiger partial charge in [-0.25, -0.2) is 0 Å². The Morgan fingerprint density at radius 2 is 2.22 bits per heavy atom. The van der Waals surface area contributed by atoms with E-state index in [4.69, 9.17) is 0 Å². The second kappa shape index (κ2) is 4.70. The van der Waals surface area contributed by atoms with Crippen molar-refractivity contribution in [2.45, 2.75) is 19.6 Å². The highest BCUT2D eigenvalue weighted by Gasteiger charge is 2.18. The van der Waals surface area contributed by atoms with Gasteiger partial charge in [-0.05, 0) is 23.8 Å². The van der Waals surface area contributed by atoms with E-state index in [1.807, 2.05) is 6.07 Å². The number of phenolic OH excluding ortho intramolecular Hbond substituents is 1. The Hall–Kier alpha value is -1.40. The van der Waals surface area contributed by atoms with E-state index in [1.165, 1.54) is 0 Å². The molecule has 6 heteroatoms. The fraction of sp³-hybridized carbons (Fsp3) is 0.333. The zero-order valence-electron chi connectivity index (χ0n) is 9.75. The summed E-state index contributed by atoms with van der Waals surface area (Å²) in [4.78, 5) is 2.30. The predicted molar refractivity (Wildman–Crippen MR) is 69.9 cm³/mol. The molecule has 5 nitrogen and oxygen atoms in total. The van der Waals surface area contributed by atoms with Crippen LogP contribution < -0.4 is 0 Å². The van der Waals surface area contributed by atoms with Crippen LogP contribution in [0.15, 0.2) is 29.0 Å². The molecule has 1 aromatic heterocycles. The number of aromatic nitrogens is 3. The van der Waals surface area contributed by atoms with Crippen LogP contribution in [0.4, 0.5) is 0 Å². The summed E-state index contributed by atoms with van der Waals surface area (Å²) < 4.78 is 3.10. The molecule has 0 saturated heterocycles. The molecule has 1 aromatic carbocycles. The van der Waals surface area contributed by atoms with Gasteiger partial charge in [-0.15, -0.1) is 10.2 Å². The summed E-state index contributed by atoms with van der Waals surface area (Å²) in [6.07, 6.45) is 1.77. The fourth-order valence-corrected chi connectivity index (χ4v) is 2.55. The van der Waals surface area contributed by atoms with E-state index < -0.39 is 0 Å². The number of fused-ring (bicyclic) bond motifs is 1. The highest BCUT2D eigenvalue weighted by atomic mass is 79.9. The van der Waals surface area contributed by atoms with Gasteiger partial charge in [-0.2, -0.15) is 0 Å². The molecule has 0 bridgehead atoms. The average Bonchev–Trinajstić information content (AvgIpc) is 2.81. The Balaban J connectivity index is 1.76. The maximum atomic E-state index is 9.53. The third-order valence-electron chi connectivity index (χ3n) is 3.14. The molecule has 94 valence electrons. The van der Waals surface area contributed by atoms with Gasteiger partial charge in [0.2, 0.25) is 0 Å². The summed E-state index contributed by atoms with van der Waals surface area (Å²) in [7, 11) is 0. The Bertz CT molecular complexity index is 569. The van der Waals surface area contributed by atoms with Gasteiger partial charge >= 0.3 is 0 Å². The van der Waals surface area contributed by atoms with Crippen molar-refractivity contribution in [1.82, 2.24) is 19.7 Å². The zero-order valence-corrected chi connectivity index (χ0v) is 11.3. The normalized spacial score (nSPS) is 15.6.